The Morgan fingerprint density at radius 3 is 2.70 bits per heavy atom. The van der Waals surface area contributed by atoms with Crippen LogP contribution < -0.4 is 10.1 Å². The molecule has 0 aliphatic rings. The molecule has 30 heavy (non-hydrogen) atoms. The third kappa shape index (κ3) is 5.06. The van der Waals surface area contributed by atoms with E-state index in [-0.39, 0.29) is 47.5 Å². The van der Waals surface area contributed by atoms with Crippen LogP contribution in [0.2, 0.25) is 5.02 Å². The van der Waals surface area contributed by atoms with Crippen LogP contribution in [0.1, 0.15) is 22.7 Å². The lowest BCUT2D eigenvalue weighted by Gasteiger charge is -2.10. The van der Waals surface area contributed by atoms with Crippen molar-refractivity contribution in [1.29, 1.82) is 0 Å². The van der Waals surface area contributed by atoms with Crippen LogP contribution in [0.3, 0.4) is 0 Å². The minimum Gasteiger partial charge on any atom is -0.495 e. The first-order valence-corrected chi connectivity index (χ1v) is 9.82. The number of nitrogens with one attached hydrogen (secondary N) is 1. The fourth-order valence-electron chi connectivity index (χ4n) is 2.65. The normalized spacial score (nSPS) is 11.5. The molecule has 2 aromatic heterocycles. The quantitative estimate of drug-likeness (QED) is 0.390. The van der Waals surface area contributed by atoms with Gasteiger partial charge in [-0.1, -0.05) is 17.7 Å². The summed E-state index contributed by atoms with van der Waals surface area (Å²) in [4.78, 5) is 29.5. The molecule has 1 aromatic carbocycles. The highest BCUT2D eigenvalue weighted by Gasteiger charge is 2.33. The number of ether oxygens (including phenoxy) is 1. The maximum atomic E-state index is 13.2. The molecule has 0 radical (unpaired) electrons. The molecule has 3 rings (SSSR count). The standard InChI is InChI=1S/C19H15ClF3N3O3S/c1-29-14-4-2-10(6-13(14)20)8-24-17-12-7-15(19(21,22)23)30-18(12)26-16(25-17)5-3-11(28)9-27/h2,4,6-7,9H,3,5,8H2,1H3,(H,24,25,26). The molecule has 0 spiro atoms. The van der Waals surface area contributed by atoms with Gasteiger partial charge in [0.25, 0.3) is 0 Å². The Balaban J connectivity index is 1.93. The number of aromatic nitrogens is 2. The summed E-state index contributed by atoms with van der Waals surface area (Å²) >= 11 is 6.60. The number of benzene rings is 1. The molecule has 0 unspecified atom stereocenters. The highest BCUT2D eigenvalue weighted by molar-refractivity contribution is 7.18. The molecule has 0 aliphatic carbocycles. The predicted octanol–water partition coefficient (Wildman–Crippen LogP) is 4.68. The lowest BCUT2D eigenvalue weighted by Crippen LogP contribution is -2.07. The number of Topliss-reactive ketones (excluding diaryl/α,β-unsaturated/α-hetero) is 1. The molecule has 0 aliphatic heterocycles. The van der Waals surface area contributed by atoms with E-state index >= 15 is 0 Å². The number of thiophene rings is 1. The van der Waals surface area contributed by atoms with Gasteiger partial charge in [-0.3, -0.25) is 9.59 Å². The van der Waals surface area contributed by atoms with Gasteiger partial charge in [-0.25, -0.2) is 9.97 Å². The molecule has 0 amide bonds. The highest BCUT2D eigenvalue weighted by atomic mass is 35.5. The largest absolute Gasteiger partial charge is 0.495 e. The van der Waals surface area contributed by atoms with E-state index < -0.39 is 16.8 Å². The number of hydrogen-bond donors (Lipinski definition) is 1. The van der Waals surface area contributed by atoms with Crippen molar-refractivity contribution >= 4 is 51.0 Å². The molecular weight excluding hydrogens is 443 g/mol. The van der Waals surface area contributed by atoms with Gasteiger partial charge in [-0.05, 0) is 23.8 Å². The smallest absolute Gasteiger partial charge is 0.425 e. The number of ketones is 1. The number of anilines is 1. The van der Waals surface area contributed by atoms with Gasteiger partial charge in [0.1, 0.15) is 27.1 Å². The van der Waals surface area contributed by atoms with Crippen LogP contribution in [-0.4, -0.2) is 29.1 Å². The lowest BCUT2D eigenvalue weighted by molar-refractivity contribution is -0.134. The molecule has 1 N–H and O–H groups in total. The molecule has 0 fully saturated rings. The average Bonchev–Trinajstić information content (AvgIpc) is 3.15. The first kappa shape index (κ1) is 22.0. The monoisotopic (exact) mass is 457 g/mol. The van der Waals surface area contributed by atoms with Gasteiger partial charge >= 0.3 is 6.18 Å². The summed E-state index contributed by atoms with van der Waals surface area (Å²) < 4.78 is 44.6. The zero-order valence-electron chi connectivity index (χ0n) is 15.5. The number of halogens is 4. The zero-order chi connectivity index (χ0) is 21.9. The summed E-state index contributed by atoms with van der Waals surface area (Å²) in [5, 5.41) is 3.63. The minimum absolute atomic E-state index is 0.0375. The van der Waals surface area contributed by atoms with Gasteiger partial charge in [0.15, 0.2) is 12.1 Å². The number of aldehydes is 1. The second kappa shape index (κ2) is 8.97. The van der Waals surface area contributed by atoms with Crippen LogP contribution in [0, 0.1) is 0 Å². The number of alkyl halides is 3. The Labute approximate surface area is 178 Å². The summed E-state index contributed by atoms with van der Waals surface area (Å²) in [5.74, 6) is 0.235. The molecule has 0 saturated carbocycles. The van der Waals surface area contributed by atoms with E-state index in [0.29, 0.717) is 22.1 Å². The van der Waals surface area contributed by atoms with Crippen molar-refractivity contribution in [2.75, 3.05) is 12.4 Å². The van der Waals surface area contributed by atoms with E-state index in [4.69, 9.17) is 16.3 Å². The topological polar surface area (TPSA) is 81.2 Å². The van der Waals surface area contributed by atoms with Gasteiger partial charge in [-0.2, -0.15) is 13.2 Å². The molecule has 0 atom stereocenters. The lowest BCUT2D eigenvalue weighted by atomic mass is 10.2. The van der Waals surface area contributed by atoms with Gasteiger partial charge in [0, 0.05) is 19.4 Å². The van der Waals surface area contributed by atoms with Crippen molar-refractivity contribution in [1.82, 2.24) is 9.97 Å². The van der Waals surface area contributed by atoms with Crippen LogP contribution in [0.5, 0.6) is 5.75 Å². The fourth-order valence-corrected chi connectivity index (χ4v) is 3.85. The maximum Gasteiger partial charge on any atom is 0.425 e. The first-order valence-electron chi connectivity index (χ1n) is 8.63. The Morgan fingerprint density at radius 2 is 2.07 bits per heavy atom. The van der Waals surface area contributed by atoms with Gasteiger partial charge in [0.2, 0.25) is 0 Å². The Bertz CT molecular complexity index is 1100. The second-order valence-electron chi connectivity index (χ2n) is 6.22. The van der Waals surface area contributed by atoms with Crippen LogP contribution in [0.15, 0.2) is 24.3 Å². The van der Waals surface area contributed by atoms with Crippen LogP contribution >= 0.6 is 22.9 Å². The van der Waals surface area contributed by atoms with Crippen molar-refractivity contribution < 1.29 is 27.5 Å². The number of nitrogens with zero attached hydrogens (tertiary/aromatic N) is 2. The highest BCUT2D eigenvalue weighted by Crippen LogP contribution is 2.39. The summed E-state index contributed by atoms with van der Waals surface area (Å²) in [6, 6.07) is 6.10. The molecule has 11 heteroatoms. The number of rotatable bonds is 8. The van der Waals surface area contributed by atoms with Crippen LogP contribution in [-0.2, 0) is 28.7 Å². The molecular formula is C19H15ClF3N3O3S. The van der Waals surface area contributed by atoms with Crippen molar-refractivity contribution in [3.63, 3.8) is 0 Å². The number of hydrogen-bond acceptors (Lipinski definition) is 7. The molecule has 3 aromatic rings. The summed E-state index contributed by atoms with van der Waals surface area (Å²) in [5.41, 5.74) is 0.761. The number of methoxy groups -OCH3 is 1. The second-order valence-corrected chi connectivity index (χ2v) is 7.66. The van der Waals surface area contributed by atoms with E-state index in [1.165, 1.54) is 7.11 Å². The summed E-state index contributed by atoms with van der Waals surface area (Å²) in [7, 11) is 1.49. The maximum absolute atomic E-state index is 13.2. The molecule has 2 heterocycles. The van der Waals surface area contributed by atoms with Crippen molar-refractivity contribution in [2.45, 2.75) is 25.6 Å². The summed E-state index contributed by atoms with van der Waals surface area (Å²) in [6.45, 7) is 0.236. The minimum atomic E-state index is -4.51. The van der Waals surface area contributed by atoms with E-state index in [2.05, 4.69) is 15.3 Å². The van der Waals surface area contributed by atoms with E-state index in [1.807, 2.05) is 0 Å². The predicted molar refractivity (Wildman–Crippen MR) is 107 cm³/mol. The molecule has 158 valence electrons. The van der Waals surface area contributed by atoms with Crippen molar-refractivity contribution in [3.05, 3.63) is 45.6 Å². The van der Waals surface area contributed by atoms with Crippen LogP contribution in [0.25, 0.3) is 10.2 Å². The molecule has 0 saturated heterocycles. The van der Waals surface area contributed by atoms with E-state index in [0.717, 1.165) is 11.6 Å². The zero-order valence-corrected chi connectivity index (χ0v) is 17.1. The Kier molecular flexibility index (Phi) is 6.57. The van der Waals surface area contributed by atoms with Gasteiger partial charge in [0.05, 0.1) is 17.5 Å². The fraction of sp³-hybridized carbons (Fsp3) is 0.263. The first-order chi connectivity index (χ1) is 14.2. The number of aryl methyl sites for hydroxylation is 1. The number of fused-ring (bicyclic) bond motifs is 1. The Hall–Kier alpha value is -2.72. The van der Waals surface area contributed by atoms with Crippen molar-refractivity contribution in [2.24, 2.45) is 0 Å². The number of carbonyl (C=O) groups is 2. The Morgan fingerprint density at radius 1 is 1.30 bits per heavy atom. The van der Waals surface area contributed by atoms with Gasteiger partial charge < -0.3 is 10.1 Å². The van der Waals surface area contributed by atoms with E-state index in [1.54, 1.807) is 18.2 Å². The third-order valence-corrected chi connectivity index (χ3v) is 5.49. The van der Waals surface area contributed by atoms with Gasteiger partial charge in [-0.15, -0.1) is 11.3 Å². The van der Waals surface area contributed by atoms with Crippen molar-refractivity contribution in [3.8, 4) is 5.75 Å². The molecule has 0 bridgehead atoms. The average molecular weight is 458 g/mol. The SMILES string of the molecule is COc1ccc(CNc2nc(CCC(=O)C=O)nc3sc(C(F)(F)F)cc23)cc1Cl. The molecule has 6 nitrogen and oxygen atoms in total. The third-order valence-electron chi connectivity index (χ3n) is 4.12. The van der Waals surface area contributed by atoms with E-state index in [9.17, 15) is 22.8 Å². The summed E-state index contributed by atoms with van der Waals surface area (Å²) in [6.07, 6.45) is -4.41. The number of carbonyl (C=O) groups excluding carboxylic acids is 2. The van der Waals surface area contributed by atoms with Crippen LogP contribution in [0.4, 0.5) is 19.0 Å².